The van der Waals surface area contributed by atoms with Gasteiger partial charge in [-0.05, 0) is 93.6 Å². The summed E-state index contributed by atoms with van der Waals surface area (Å²) in [6, 6.07) is 17.6. The Kier molecular flexibility index (Phi) is 11.3. The summed E-state index contributed by atoms with van der Waals surface area (Å²) in [5, 5.41) is 9.04. The number of nitrogens with zero attached hydrogens (tertiary/aromatic N) is 4. The SMILES string of the molecule is CCOc1ccc(C[C@@H]2c3cc(OCC)c(OCC)cc3CCN2C(=O)CSc2nncn2-c2ccccc2OC)cc1OCC. The van der Waals surface area contributed by atoms with Crippen LogP contribution in [0.25, 0.3) is 5.69 Å². The van der Waals surface area contributed by atoms with Crippen LogP contribution in [0.4, 0.5) is 0 Å². The molecule has 0 N–H and O–H groups in total. The van der Waals surface area contributed by atoms with Gasteiger partial charge in [0.15, 0.2) is 28.2 Å². The molecule has 5 rings (SSSR count). The first-order valence-electron chi connectivity index (χ1n) is 15.8. The zero-order chi connectivity index (χ0) is 32.5. The fourth-order valence-electron chi connectivity index (χ4n) is 5.74. The molecule has 0 spiro atoms. The quantitative estimate of drug-likeness (QED) is 0.137. The number of benzene rings is 3. The molecule has 1 aliphatic rings. The Hall–Kier alpha value is -4.38. The van der Waals surface area contributed by atoms with Crippen molar-refractivity contribution in [1.82, 2.24) is 19.7 Å². The highest BCUT2D eigenvalue weighted by Crippen LogP contribution is 2.41. The summed E-state index contributed by atoms with van der Waals surface area (Å²) in [7, 11) is 1.63. The van der Waals surface area contributed by atoms with Crippen molar-refractivity contribution in [2.45, 2.75) is 51.7 Å². The van der Waals surface area contributed by atoms with Gasteiger partial charge in [0.05, 0.1) is 51.0 Å². The van der Waals surface area contributed by atoms with Crippen molar-refractivity contribution >= 4 is 17.7 Å². The predicted octanol–water partition coefficient (Wildman–Crippen LogP) is 6.33. The molecule has 11 heteroatoms. The smallest absolute Gasteiger partial charge is 0.233 e. The van der Waals surface area contributed by atoms with Crippen LogP contribution >= 0.6 is 11.8 Å². The number of rotatable bonds is 15. The molecule has 2 heterocycles. The number of hydrogen-bond acceptors (Lipinski definition) is 9. The van der Waals surface area contributed by atoms with Crippen molar-refractivity contribution in [3.8, 4) is 34.4 Å². The second kappa shape index (κ2) is 15.8. The van der Waals surface area contributed by atoms with Crippen molar-refractivity contribution in [2.24, 2.45) is 0 Å². The molecule has 0 radical (unpaired) electrons. The van der Waals surface area contributed by atoms with Crippen LogP contribution in [0.15, 0.2) is 66.1 Å². The second-order valence-corrected chi connectivity index (χ2v) is 11.5. The third-order valence-electron chi connectivity index (χ3n) is 7.71. The largest absolute Gasteiger partial charge is 0.495 e. The topological polar surface area (TPSA) is 97.2 Å². The molecule has 1 amide bonds. The first-order valence-corrected chi connectivity index (χ1v) is 16.8. The summed E-state index contributed by atoms with van der Waals surface area (Å²) in [5.41, 5.74) is 4.06. The lowest BCUT2D eigenvalue weighted by Gasteiger charge is -2.38. The van der Waals surface area contributed by atoms with E-state index in [1.54, 1.807) is 13.4 Å². The molecule has 4 aromatic rings. The van der Waals surface area contributed by atoms with Gasteiger partial charge >= 0.3 is 0 Å². The minimum atomic E-state index is -0.230. The molecule has 10 nitrogen and oxygen atoms in total. The molecule has 0 unspecified atom stereocenters. The van der Waals surface area contributed by atoms with Crippen LogP contribution in [0.3, 0.4) is 0 Å². The minimum absolute atomic E-state index is 0.0121. The number of carbonyl (C=O) groups excluding carboxylic acids is 1. The van der Waals surface area contributed by atoms with Gasteiger partial charge in [-0.25, -0.2) is 0 Å². The molecule has 0 aliphatic carbocycles. The van der Waals surface area contributed by atoms with E-state index in [9.17, 15) is 4.79 Å². The highest BCUT2D eigenvalue weighted by molar-refractivity contribution is 7.99. The highest BCUT2D eigenvalue weighted by Gasteiger charge is 2.33. The molecule has 46 heavy (non-hydrogen) atoms. The molecule has 1 aromatic heterocycles. The van der Waals surface area contributed by atoms with Gasteiger partial charge in [-0.2, -0.15) is 0 Å². The zero-order valence-electron chi connectivity index (χ0n) is 27.2. The normalized spacial score (nSPS) is 14.0. The van der Waals surface area contributed by atoms with E-state index in [4.69, 9.17) is 23.7 Å². The van der Waals surface area contributed by atoms with Gasteiger partial charge in [0.1, 0.15) is 12.1 Å². The molecule has 244 valence electrons. The third-order valence-corrected chi connectivity index (χ3v) is 8.63. The first-order chi connectivity index (χ1) is 22.5. The number of thioether (sulfide) groups is 1. The molecular formula is C35H42N4O6S. The molecule has 0 saturated carbocycles. The van der Waals surface area contributed by atoms with Crippen LogP contribution in [-0.2, 0) is 17.6 Å². The number of hydrogen-bond donors (Lipinski definition) is 0. The Balaban J connectivity index is 1.46. The Morgan fingerprint density at radius 2 is 1.52 bits per heavy atom. The van der Waals surface area contributed by atoms with Gasteiger partial charge in [0.25, 0.3) is 0 Å². The molecule has 0 bridgehead atoms. The van der Waals surface area contributed by atoms with E-state index >= 15 is 0 Å². The lowest BCUT2D eigenvalue weighted by molar-refractivity contribution is -0.131. The van der Waals surface area contributed by atoms with Gasteiger partial charge in [-0.15, -0.1) is 10.2 Å². The Labute approximate surface area is 275 Å². The fourth-order valence-corrected chi connectivity index (χ4v) is 6.54. The van der Waals surface area contributed by atoms with Crippen LogP contribution in [-0.4, -0.2) is 71.4 Å². The van der Waals surface area contributed by atoms with Crippen LogP contribution in [0.1, 0.15) is 50.4 Å². The average Bonchev–Trinajstić information content (AvgIpc) is 3.54. The molecule has 3 aromatic carbocycles. The number of aromatic nitrogens is 3. The van der Waals surface area contributed by atoms with Gasteiger partial charge in [0, 0.05) is 6.54 Å². The molecule has 0 saturated heterocycles. The van der Waals surface area contributed by atoms with Crippen molar-refractivity contribution in [3.05, 3.63) is 77.6 Å². The summed E-state index contributed by atoms with van der Waals surface area (Å²) < 4.78 is 31.1. The number of amides is 1. The van der Waals surface area contributed by atoms with E-state index in [0.29, 0.717) is 74.0 Å². The number of carbonyl (C=O) groups is 1. The summed E-state index contributed by atoms with van der Waals surface area (Å²) in [4.78, 5) is 16.1. The maximum absolute atomic E-state index is 14.1. The standard InChI is InChI=1S/C35H42N4O6S/c1-6-42-30-15-14-24(19-31(30)43-7-2)18-28-26-21-33(45-9-4)32(44-8-3)20-25(26)16-17-38(28)34(40)22-46-35-37-36-23-39(35)27-12-10-11-13-29(27)41-5/h10-15,19-21,23,28H,6-9,16-18,22H2,1-5H3/t28-/m1/s1. The van der Waals surface area contributed by atoms with Crippen LogP contribution < -0.4 is 23.7 Å². The van der Waals surface area contributed by atoms with Crippen molar-refractivity contribution in [1.29, 1.82) is 0 Å². The zero-order valence-corrected chi connectivity index (χ0v) is 28.0. The van der Waals surface area contributed by atoms with Crippen molar-refractivity contribution in [3.63, 3.8) is 0 Å². The number of fused-ring (bicyclic) bond motifs is 1. The number of para-hydroxylation sites is 2. The summed E-state index contributed by atoms with van der Waals surface area (Å²) in [5.74, 6) is 3.72. The highest BCUT2D eigenvalue weighted by atomic mass is 32.2. The minimum Gasteiger partial charge on any atom is -0.495 e. The van der Waals surface area contributed by atoms with E-state index in [0.717, 1.165) is 28.1 Å². The van der Waals surface area contributed by atoms with E-state index in [1.165, 1.54) is 11.8 Å². The predicted molar refractivity (Wildman–Crippen MR) is 178 cm³/mol. The van der Waals surface area contributed by atoms with Crippen molar-refractivity contribution in [2.75, 3.05) is 45.8 Å². The second-order valence-electron chi connectivity index (χ2n) is 10.5. The van der Waals surface area contributed by atoms with Crippen LogP contribution in [0.5, 0.6) is 28.7 Å². The van der Waals surface area contributed by atoms with E-state index < -0.39 is 0 Å². The van der Waals surface area contributed by atoms with Crippen LogP contribution in [0.2, 0.25) is 0 Å². The van der Waals surface area contributed by atoms with E-state index in [2.05, 4.69) is 22.3 Å². The maximum Gasteiger partial charge on any atom is 0.233 e. The van der Waals surface area contributed by atoms with Gasteiger partial charge < -0.3 is 28.6 Å². The molecular weight excluding hydrogens is 604 g/mol. The van der Waals surface area contributed by atoms with Gasteiger partial charge in [0.2, 0.25) is 5.91 Å². The van der Waals surface area contributed by atoms with Gasteiger partial charge in [-0.3, -0.25) is 9.36 Å². The van der Waals surface area contributed by atoms with Crippen LogP contribution in [0, 0.1) is 0 Å². The van der Waals surface area contributed by atoms with Crippen molar-refractivity contribution < 1.29 is 28.5 Å². The lowest BCUT2D eigenvalue weighted by atomic mass is 9.88. The van der Waals surface area contributed by atoms with E-state index in [1.807, 2.05) is 79.6 Å². The molecule has 1 aliphatic heterocycles. The number of ether oxygens (including phenoxy) is 5. The summed E-state index contributed by atoms with van der Waals surface area (Å²) >= 11 is 1.36. The fraction of sp³-hybridized carbons (Fsp3) is 0.400. The summed E-state index contributed by atoms with van der Waals surface area (Å²) in [6.07, 6.45) is 2.93. The first kappa shape index (κ1) is 33.0. The number of methoxy groups -OCH3 is 1. The molecule has 0 fully saturated rings. The Bertz CT molecular complexity index is 1630. The maximum atomic E-state index is 14.1. The lowest BCUT2D eigenvalue weighted by Crippen LogP contribution is -2.42. The van der Waals surface area contributed by atoms with Gasteiger partial charge in [-0.1, -0.05) is 30.0 Å². The Morgan fingerprint density at radius 3 is 2.24 bits per heavy atom. The van der Waals surface area contributed by atoms with E-state index in [-0.39, 0.29) is 17.7 Å². The Morgan fingerprint density at radius 1 is 0.848 bits per heavy atom. The average molecular weight is 647 g/mol. The monoisotopic (exact) mass is 646 g/mol. The summed E-state index contributed by atoms with van der Waals surface area (Å²) in [6.45, 7) is 10.5. The molecule has 1 atom stereocenters. The third kappa shape index (κ3) is 7.36.